The van der Waals surface area contributed by atoms with Gasteiger partial charge in [0.05, 0.1) is 41.2 Å². The van der Waals surface area contributed by atoms with Crippen molar-refractivity contribution in [2.45, 2.75) is 52.1 Å². The fourth-order valence-electron chi connectivity index (χ4n) is 5.53. The first-order valence-electron chi connectivity index (χ1n) is 12.1. The van der Waals surface area contributed by atoms with Gasteiger partial charge < -0.3 is 4.98 Å². The van der Waals surface area contributed by atoms with E-state index in [2.05, 4.69) is 34.1 Å². The minimum Gasteiger partial charge on any atom is -0.346 e. The Morgan fingerprint density at radius 1 is 1.23 bits per heavy atom. The molecule has 0 aliphatic heterocycles. The molecule has 2 atom stereocenters. The molecule has 4 aromatic heterocycles. The molecule has 8 nitrogen and oxygen atoms in total. The lowest BCUT2D eigenvalue weighted by Crippen LogP contribution is -2.33. The van der Waals surface area contributed by atoms with Gasteiger partial charge in [0.25, 0.3) is 0 Å². The summed E-state index contributed by atoms with van der Waals surface area (Å²) < 4.78 is 5.18. The van der Waals surface area contributed by atoms with Crippen molar-refractivity contribution in [3.63, 3.8) is 0 Å². The molecule has 0 saturated heterocycles. The number of pyridine rings is 1. The Labute approximate surface area is 202 Å². The van der Waals surface area contributed by atoms with Crippen molar-refractivity contribution in [1.82, 2.24) is 28.9 Å². The van der Waals surface area contributed by atoms with Crippen LogP contribution in [0.25, 0.3) is 27.8 Å². The number of hydrogen-bond donors (Lipinski definition) is 1. The average Bonchev–Trinajstić information content (AvgIpc) is 3.57. The average molecular weight is 467 g/mol. The fourth-order valence-corrected chi connectivity index (χ4v) is 5.53. The van der Waals surface area contributed by atoms with Crippen molar-refractivity contribution in [2.24, 2.45) is 5.92 Å². The van der Waals surface area contributed by atoms with Crippen LogP contribution in [0.5, 0.6) is 0 Å². The zero-order chi connectivity index (χ0) is 24.1. The molecule has 1 aromatic carbocycles. The van der Waals surface area contributed by atoms with E-state index in [1.165, 1.54) is 6.42 Å². The largest absolute Gasteiger partial charge is 0.346 e. The number of imidazole rings is 1. The molecule has 1 saturated carbocycles. The summed E-state index contributed by atoms with van der Waals surface area (Å²) in [6.45, 7) is 4.00. The van der Waals surface area contributed by atoms with Crippen molar-refractivity contribution in [3.05, 3.63) is 76.7 Å². The van der Waals surface area contributed by atoms with Gasteiger partial charge >= 0.3 is 5.69 Å². The number of ketones is 1. The van der Waals surface area contributed by atoms with Crippen LogP contribution >= 0.6 is 0 Å². The molecule has 0 radical (unpaired) electrons. The van der Waals surface area contributed by atoms with Crippen LogP contribution in [0.1, 0.15) is 54.7 Å². The minimum absolute atomic E-state index is 0.0712. The van der Waals surface area contributed by atoms with E-state index < -0.39 is 0 Å². The predicted molar refractivity (Wildman–Crippen MR) is 133 cm³/mol. The van der Waals surface area contributed by atoms with Crippen LogP contribution in [0.3, 0.4) is 0 Å². The van der Waals surface area contributed by atoms with E-state index in [4.69, 9.17) is 0 Å². The maximum atomic E-state index is 13.9. The maximum absolute atomic E-state index is 13.9. The van der Waals surface area contributed by atoms with E-state index in [0.29, 0.717) is 28.4 Å². The van der Waals surface area contributed by atoms with Crippen LogP contribution < -0.4 is 5.69 Å². The molecule has 1 aliphatic carbocycles. The summed E-state index contributed by atoms with van der Waals surface area (Å²) in [5, 5.41) is 5.30. The van der Waals surface area contributed by atoms with Gasteiger partial charge in [-0.25, -0.2) is 14.5 Å². The highest BCUT2D eigenvalue weighted by molar-refractivity contribution is 6.02. The van der Waals surface area contributed by atoms with Gasteiger partial charge in [-0.15, -0.1) is 0 Å². The van der Waals surface area contributed by atoms with Crippen LogP contribution in [0.15, 0.2) is 47.7 Å². The second kappa shape index (κ2) is 8.27. The second-order valence-electron chi connectivity index (χ2n) is 9.46. The SMILES string of the molecule is Cc1c(C(=O)Cn2c(=O)n([C@H]3CCCC[C@H]3C)c3c4cc[nH]c4ncc32)cnn1-c1c#cccc1. The first-order chi connectivity index (χ1) is 17.0. The Balaban J connectivity index is 1.46. The predicted octanol–water partition coefficient (Wildman–Crippen LogP) is 4.41. The number of nitrogens with zero attached hydrogens (tertiary/aromatic N) is 5. The molecule has 8 heteroatoms. The molecule has 35 heavy (non-hydrogen) atoms. The summed E-state index contributed by atoms with van der Waals surface area (Å²) in [6, 6.07) is 13.5. The third-order valence-electron chi connectivity index (χ3n) is 7.38. The Bertz CT molecular complexity index is 1600. The first kappa shape index (κ1) is 21.4. The molecule has 1 aliphatic rings. The van der Waals surface area contributed by atoms with Crippen molar-refractivity contribution >= 4 is 27.9 Å². The summed E-state index contributed by atoms with van der Waals surface area (Å²) in [5.41, 5.74) is 4.03. The number of nitrogens with one attached hydrogen (secondary N) is 1. The van der Waals surface area contributed by atoms with Crippen LogP contribution in [-0.4, -0.2) is 34.7 Å². The second-order valence-corrected chi connectivity index (χ2v) is 9.46. The van der Waals surface area contributed by atoms with Gasteiger partial charge in [0.2, 0.25) is 0 Å². The molecule has 4 heterocycles. The number of carbonyl (C=O) groups is 1. The Hall–Kier alpha value is -4.12. The van der Waals surface area contributed by atoms with Crippen LogP contribution in [-0.2, 0) is 6.54 Å². The monoisotopic (exact) mass is 466 g/mol. The number of aromatic amines is 1. The normalized spacial score (nSPS) is 18.2. The Kier molecular flexibility index (Phi) is 5.06. The molecule has 6 rings (SSSR count). The summed E-state index contributed by atoms with van der Waals surface area (Å²) in [4.78, 5) is 35.0. The fraction of sp³-hybridized carbons (Fsp3) is 0.333. The Morgan fingerprint density at radius 3 is 2.89 bits per heavy atom. The zero-order valence-corrected chi connectivity index (χ0v) is 19.8. The van der Waals surface area contributed by atoms with E-state index in [1.54, 1.807) is 27.7 Å². The molecule has 0 amide bonds. The van der Waals surface area contributed by atoms with E-state index in [9.17, 15) is 9.59 Å². The van der Waals surface area contributed by atoms with Gasteiger partial charge in [0.1, 0.15) is 11.3 Å². The van der Waals surface area contributed by atoms with Gasteiger partial charge in [0.15, 0.2) is 5.78 Å². The van der Waals surface area contributed by atoms with Gasteiger partial charge in [0, 0.05) is 17.6 Å². The quantitative estimate of drug-likeness (QED) is 0.389. The smallest absolute Gasteiger partial charge is 0.329 e. The topological polar surface area (TPSA) is 90.5 Å². The van der Waals surface area contributed by atoms with Crippen molar-refractivity contribution in [2.75, 3.05) is 0 Å². The molecule has 1 fully saturated rings. The molecule has 0 unspecified atom stereocenters. The highest BCUT2D eigenvalue weighted by atomic mass is 16.2. The molecule has 5 aromatic rings. The zero-order valence-electron chi connectivity index (χ0n) is 19.8. The number of fused-ring (bicyclic) bond motifs is 3. The van der Waals surface area contributed by atoms with Gasteiger partial charge in [-0.3, -0.25) is 13.9 Å². The number of hydrogen-bond acceptors (Lipinski definition) is 4. The number of Topliss-reactive ketones (excluding diaryl/α,β-unsaturated/α-hetero) is 1. The molecule has 176 valence electrons. The molecular weight excluding hydrogens is 440 g/mol. The van der Waals surface area contributed by atoms with E-state index in [-0.39, 0.29) is 24.1 Å². The van der Waals surface area contributed by atoms with Crippen molar-refractivity contribution < 1.29 is 4.79 Å². The van der Waals surface area contributed by atoms with Gasteiger partial charge in [-0.05, 0) is 49.9 Å². The minimum atomic E-state index is -0.166. The third-order valence-corrected chi connectivity index (χ3v) is 7.38. The van der Waals surface area contributed by atoms with Crippen LogP contribution in [0, 0.1) is 25.0 Å². The number of aromatic nitrogens is 6. The maximum Gasteiger partial charge on any atom is 0.329 e. The number of rotatable bonds is 5. The molecule has 0 spiro atoms. The summed E-state index contributed by atoms with van der Waals surface area (Å²) in [5.74, 6) is 0.221. The van der Waals surface area contributed by atoms with Gasteiger partial charge in [-0.1, -0.05) is 31.9 Å². The molecule has 1 N–H and O–H groups in total. The Morgan fingerprint density at radius 2 is 2.09 bits per heavy atom. The first-order valence-corrected chi connectivity index (χ1v) is 12.1. The van der Waals surface area contributed by atoms with Crippen LogP contribution in [0.2, 0.25) is 0 Å². The highest BCUT2D eigenvalue weighted by Crippen LogP contribution is 2.36. The standard InChI is InChI=1S/C27H26N6O2/c1-17-8-6-7-11-22(17)32-25-20-12-13-28-26(20)29-15-23(25)31(27(32)35)16-24(34)21-14-30-33(18(21)2)19-9-4-3-5-10-19/h3-4,9,12-15,17,22H,6-8,11,16H2,1-2H3,(H,28,29)/t17-,22+/m1/s1. The summed E-state index contributed by atoms with van der Waals surface area (Å²) in [7, 11) is 0. The van der Waals surface area contributed by atoms with Crippen LogP contribution in [0.4, 0.5) is 0 Å². The van der Waals surface area contributed by atoms with Crippen molar-refractivity contribution in [3.8, 4) is 5.69 Å². The lowest BCUT2D eigenvalue weighted by Gasteiger charge is -2.29. The van der Waals surface area contributed by atoms with E-state index >= 15 is 0 Å². The van der Waals surface area contributed by atoms with Gasteiger partial charge in [-0.2, -0.15) is 5.10 Å². The number of carbonyl (C=O) groups excluding carboxylic acids is 1. The third kappa shape index (κ3) is 3.38. The molecular formula is C27H26N6O2. The lowest BCUT2D eigenvalue weighted by molar-refractivity contribution is 0.0971. The number of H-pyrrole nitrogens is 1. The summed E-state index contributed by atoms with van der Waals surface area (Å²) in [6.07, 6.45) is 9.45. The molecule has 0 bridgehead atoms. The van der Waals surface area contributed by atoms with Crippen molar-refractivity contribution in [1.29, 1.82) is 0 Å². The van der Waals surface area contributed by atoms with E-state index in [0.717, 1.165) is 35.8 Å². The highest BCUT2D eigenvalue weighted by Gasteiger charge is 2.29. The lowest BCUT2D eigenvalue weighted by atomic mass is 9.85. The summed E-state index contributed by atoms with van der Waals surface area (Å²) >= 11 is 0. The van der Waals surface area contributed by atoms with E-state index in [1.807, 2.05) is 35.9 Å².